The summed E-state index contributed by atoms with van der Waals surface area (Å²) >= 11 is 0. The molecule has 1 atom stereocenters. The van der Waals surface area contributed by atoms with Gasteiger partial charge in [-0.3, -0.25) is 0 Å². The Labute approximate surface area is 118 Å². The highest BCUT2D eigenvalue weighted by molar-refractivity contribution is 5.21. The van der Waals surface area contributed by atoms with E-state index in [0.29, 0.717) is 0 Å². The molecule has 0 aliphatic heterocycles. The Morgan fingerprint density at radius 2 is 1.48 bits per heavy atom. The van der Waals surface area contributed by atoms with Crippen LogP contribution in [0, 0.1) is 5.41 Å². The average molecular weight is 324 g/mol. The number of hydrogen-bond acceptors (Lipinski definition) is 1. The summed E-state index contributed by atoms with van der Waals surface area (Å²) in [6.45, 7) is 2.73. The van der Waals surface area contributed by atoms with Crippen molar-refractivity contribution in [2.45, 2.75) is 58.1 Å². The maximum absolute atomic E-state index is 14.1. The number of aliphatic hydroxyl groups is 1. The highest BCUT2D eigenvalue weighted by Gasteiger charge is 2.60. The molecule has 0 radical (unpaired) electrons. The normalized spacial score (nSPS) is 17.8. The van der Waals surface area contributed by atoms with Crippen molar-refractivity contribution >= 4 is 0 Å². The number of rotatable bonds is 7. The van der Waals surface area contributed by atoms with E-state index in [-0.39, 0.29) is 12.5 Å². The minimum atomic E-state index is -5.93. The molecule has 21 heavy (non-hydrogen) atoms. The van der Waals surface area contributed by atoms with E-state index in [0.717, 1.165) is 13.8 Å². The van der Waals surface area contributed by atoms with Crippen LogP contribution in [0.4, 0.5) is 30.7 Å². The molecule has 0 spiro atoms. The summed E-state index contributed by atoms with van der Waals surface area (Å²) in [5.74, 6) is -9.20. The fourth-order valence-corrected chi connectivity index (χ4v) is 1.82. The SMILES string of the molecule is CC/C(=C\C(F)(F)C(C)(CC)CCO)C(F)(F)C(F)(F)F. The van der Waals surface area contributed by atoms with E-state index < -0.39 is 48.5 Å². The number of hydrogen-bond donors (Lipinski definition) is 1. The first-order chi connectivity index (χ1) is 9.29. The molecule has 1 N–H and O–H groups in total. The zero-order valence-corrected chi connectivity index (χ0v) is 12.0. The molecule has 0 amide bonds. The van der Waals surface area contributed by atoms with Gasteiger partial charge in [-0.05, 0) is 25.3 Å². The van der Waals surface area contributed by atoms with Crippen molar-refractivity contribution in [1.82, 2.24) is 0 Å². The van der Waals surface area contributed by atoms with Gasteiger partial charge < -0.3 is 5.11 Å². The lowest BCUT2D eigenvalue weighted by Crippen LogP contribution is -2.42. The van der Waals surface area contributed by atoms with Crippen LogP contribution in [-0.4, -0.2) is 29.7 Å². The summed E-state index contributed by atoms with van der Waals surface area (Å²) in [6, 6.07) is 0. The monoisotopic (exact) mass is 324 g/mol. The lowest BCUT2D eigenvalue weighted by atomic mass is 9.76. The Balaban J connectivity index is 5.80. The summed E-state index contributed by atoms with van der Waals surface area (Å²) < 4.78 is 91.6. The van der Waals surface area contributed by atoms with Crippen molar-refractivity contribution in [3.05, 3.63) is 11.6 Å². The maximum Gasteiger partial charge on any atom is 0.457 e. The Morgan fingerprint density at radius 3 is 1.76 bits per heavy atom. The van der Waals surface area contributed by atoms with Crippen molar-refractivity contribution in [2.24, 2.45) is 5.41 Å². The van der Waals surface area contributed by atoms with Crippen LogP contribution in [0.25, 0.3) is 0 Å². The van der Waals surface area contributed by atoms with E-state index in [1.54, 1.807) is 0 Å². The van der Waals surface area contributed by atoms with Gasteiger partial charge in [-0.15, -0.1) is 0 Å². The molecular formula is C13H19F7O. The number of allylic oxidation sites excluding steroid dienone is 2. The average Bonchev–Trinajstić information content (AvgIpc) is 2.34. The minimum Gasteiger partial charge on any atom is -0.396 e. The molecule has 0 aromatic carbocycles. The van der Waals surface area contributed by atoms with Gasteiger partial charge >= 0.3 is 12.1 Å². The van der Waals surface area contributed by atoms with Gasteiger partial charge in [0.1, 0.15) is 0 Å². The van der Waals surface area contributed by atoms with E-state index in [9.17, 15) is 30.7 Å². The van der Waals surface area contributed by atoms with Gasteiger partial charge in [0.05, 0.1) is 0 Å². The van der Waals surface area contributed by atoms with Crippen LogP contribution < -0.4 is 0 Å². The molecule has 0 rings (SSSR count). The summed E-state index contributed by atoms with van der Waals surface area (Å²) in [5, 5.41) is 8.79. The first kappa shape index (κ1) is 20.2. The summed E-state index contributed by atoms with van der Waals surface area (Å²) in [6.07, 6.45) is -7.68. The molecule has 0 aliphatic carbocycles. The smallest absolute Gasteiger partial charge is 0.396 e. The molecule has 1 nitrogen and oxygen atoms in total. The summed E-state index contributed by atoms with van der Waals surface area (Å²) in [7, 11) is 0. The number of aliphatic hydroxyl groups excluding tert-OH is 1. The van der Waals surface area contributed by atoms with Crippen LogP contribution in [0.2, 0.25) is 0 Å². The second-order valence-corrected chi connectivity index (χ2v) is 5.11. The fourth-order valence-electron chi connectivity index (χ4n) is 1.82. The first-order valence-electron chi connectivity index (χ1n) is 6.44. The quantitative estimate of drug-likeness (QED) is 0.519. The van der Waals surface area contributed by atoms with Gasteiger partial charge in [0.2, 0.25) is 0 Å². The Hall–Kier alpha value is -0.790. The van der Waals surface area contributed by atoms with Crippen LogP contribution in [0.1, 0.15) is 40.0 Å². The topological polar surface area (TPSA) is 20.2 Å². The van der Waals surface area contributed by atoms with E-state index in [1.807, 2.05) is 0 Å². The lowest BCUT2D eigenvalue weighted by molar-refractivity contribution is -0.265. The van der Waals surface area contributed by atoms with Crippen molar-refractivity contribution in [2.75, 3.05) is 6.61 Å². The molecule has 8 heteroatoms. The van der Waals surface area contributed by atoms with Crippen molar-refractivity contribution < 1.29 is 35.8 Å². The van der Waals surface area contributed by atoms with Crippen molar-refractivity contribution in [1.29, 1.82) is 0 Å². The summed E-state index contributed by atoms with van der Waals surface area (Å²) in [5.41, 5.74) is -3.57. The molecule has 0 aromatic rings. The van der Waals surface area contributed by atoms with Crippen LogP contribution in [-0.2, 0) is 0 Å². The maximum atomic E-state index is 14.1. The third-order valence-corrected chi connectivity index (χ3v) is 3.74. The summed E-state index contributed by atoms with van der Waals surface area (Å²) in [4.78, 5) is 0. The first-order valence-corrected chi connectivity index (χ1v) is 6.44. The van der Waals surface area contributed by atoms with Gasteiger partial charge in [-0.25, -0.2) is 8.78 Å². The highest BCUT2D eigenvalue weighted by atomic mass is 19.4. The van der Waals surface area contributed by atoms with E-state index >= 15 is 0 Å². The fraction of sp³-hybridized carbons (Fsp3) is 0.846. The van der Waals surface area contributed by atoms with Crippen LogP contribution in [0.3, 0.4) is 0 Å². The molecular weight excluding hydrogens is 305 g/mol. The highest BCUT2D eigenvalue weighted by Crippen LogP contribution is 2.48. The van der Waals surface area contributed by atoms with E-state index in [4.69, 9.17) is 5.11 Å². The number of halogens is 7. The third-order valence-electron chi connectivity index (χ3n) is 3.74. The van der Waals surface area contributed by atoms with Gasteiger partial charge in [-0.1, -0.05) is 20.8 Å². The standard InChI is InChI=1S/C13H19F7O/c1-4-9(12(16,17)13(18,19)20)8-11(14,15)10(3,5-2)6-7-21/h8,21H,4-7H2,1-3H3/b9-8+. The molecule has 126 valence electrons. The van der Waals surface area contributed by atoms with Gasteiger partial charge in [-0.2, -0.15) is 22.0 Å². The predicted molar refractivity (Wildman–Crippen MR) is 64.4 cm³/mol. The van der Waals surface area contributed by atoms with Crippen LogP contribution in [0.5, 0.6) is 0 Å². The van der Waals surface area contributed by atoms with Crippen LogP contribution >= 0.6 is 0 Å². The molecule has 0 aliphatic rings. The van der Waals surface area contributed by atoms with Gasteiger partial charge in [0.25, 0.3) is 5.92 Å². The largest absolute Gasteiger partial charge is 0.457 e. The van der Waals surface area contributed by atoms with Crippen molar-refractivity contribution in [3.8, 4) is 0 Å². The van der Waals surface area contributed by atoms with E-state index in [2.05, 4.69) is 0 Å². The third kappa shape index (κ3) is 4.11. The minimum absolute atomic E-state index is 0.189. The lowest BCUT2D eigenvalue weighted by Gasteiger charge is -2.35. The zero-order chi connectivity index (χ0) is 17.1. The molecule has 1 unspecified atom stereocenters. The van der Waals surface area contributed by atoms with E-state index in [1.165, 1.54) is 6.92 Å². The van der Waals surface area contributed by atoms with Gasteiger partial charge in [0, 0.05) is 17.6 Å². The molecule has 0 aromatic heterocycles. The molecule has 0 saturated heterocycles. The molecule has 0 fully saturated rings. The molecule has 0 saturated carbocycles. The molecule has 0 heterocycles. The van der Waals surface area contributed by atoms with Crippen LogP contribution in [0.15, 0.2) is 11.6 Å². The Morgan fingerprint density at radius 1 is 1.00 bits per heavy atom. The zero-order valence-electron chi connectivity index (χ0n) is 12.0. The Bertz CT molecular complexity index is 373. The predicted octanol–water partition coefficient (Wildman–Crippen LogP) is 4.95. The Kier molecular flexibility index (Phi) is 6.29. The molecule has 0 bridgehead atoms. The number of alkyl halides is 7. The van der Waals surface area contributed by atoms with Crippen molar-refractivity contribution in [3.63, 3.8) is 0 Å². The second kappa shape index (κ2) is 6.54. The van der Waals surface area contributed by atoms with Gasteiger partial charge in [0.15, 0.2) is 0 Å². The second-order valence-electron chi connectivity index (χ2n) is 5.11.